The summed E-state index contributed by atoms with van der Waals surface area (Å²) < 4.78 is 11.1. The zero-order valence-electron chi connectivity index (χ0n) is 15.5. The maximum atomic E-state index is 12.9. The predicted molar refractivity (Wildman–Crippen MR) is 97.6 cm³/mol. The van der Waals surface area contributed by atoms with Crippen LogP contribution in [0.1, 0.15) is 38.2 Å². The summed E-state index contributed by atoms with van der Waals surface area (Å²) in [6.07, 6.45) is 2.42. The number of carbonyl (C=O) groups excluding carboxylic acids is 1. The van der Waals surface area contributed by atoms with E-state index in [1.54, 1.807) is 0 Å². The number of nitrogens with zero attached hydrogens (tertiary/aromatic N) is 2. The monoisotopic (exact) mass is 357 g/mol. The number of hydrogen-bond donors (Lipinski definition) is 1. The van der Waals surface area contributed by atoms with Crippen LogP contribution in [0.3, 0.4) is 0 Å². The number of nitrogens with one attached hydrogen (secondary N) is 1. The Hall–Kier alpha value is -1.95. The van der Waals surface area contributed by atoms with Gasteiger partial charge in [-0.15, -0.1) is 0 Å². The molecule has 0 aliphatic carbocycles. The highest BCUT2D eigenvalue weighted by atomic mass is 16.7. The van der Waals surface area contributed by atoms with Gasteiger partial charge in [0, 0.05) is 24.5 Å². The fraction of sp³-hybridized carbons (Fsp3) is 0.650. The number of ether oxygens (including phenoxy) is 2. The fourth-order valence-electron chi connectivity index (χ4n) is 5.42. The molecule has 1 aromatic rings. The molecule has 4 fully saturated rings. The number of fused-ring (bicyclic) bond motifs is 3. The zero-order valence-corrected chi connectivity index (χ0v) is 15.5. The van der Waals surface area contributed by atoms with Crippen LogP contribution in [0.2, 0.25) is 0 Å². The van der Waals surface area contributed by atoms with Crippen molar-refractivity contribution in [1.82, 2.24) is 15.1 Å². The first-order valence-electron chi connectivity index (χ1n) is 9.82. The molecule has 6 heteroatoms. The highest BCUT2D eigenvalue weighted by Crippen LogP contribution is 2.47. The molecule has 0 unspecified atom stereocenters. The molecule has 5 aliphatic heterocycles. The molecule has 2 bridgehead atoms. The topological polar surface area (TPSA) is 54.0 Å². The molecule has 5 aliphatic rings. The minimum absolute atomic E-state index is 0.0898. The van der Waals surface area contributed by atoms with E-state index in [9.17, 15) is 4.79 Å². The van der Waals surface area contributed by atoms with Crippen molar-refractivity contribution in [2.45, 2.75) is 50.7 Å². The quantitative estimate of drug-likeness (QED) is 0.883. The van der Waals surface area contributed by atoms with Gasteiger partial charge in [-0.2, -0.15) is 0 Å². The fourth-order valence-corrected chi connectivity index (χ4v) is 5.42. The van der Waals surface area contributed by atoms with Crippen LogP contribution in [0.4, 0.5) is 4.79 Å². The van der Waals surface area contributed by atoms with Crippen molar-refractivity contribution >= 4 is 6.03 Å². The molecule has 4 saturated heterocycles. The van der Waals surface area contributed by atoms with Gasteiger partial charge in [0.25, 0.3) is 0 Å². The van der Waals surface area contributed by atoms with Crippen molar-refractivity contribution in [3.8, 4) is 11.5 Å². The van der Waals surface area contributed by atoms with Gasteiger partial charge in [0.1, 0.15) is 0 Å². The Kier molecular flexibility index (Phi) is 3.78. The summed E-state index contributed by atoms with van der Waals surface area (Å²) in [6.45, 7) is 7.45. The number of urea groups is 1. The van der Waals surface area contributed by atoms with Gasteiger partial charge in [-0.25, -0.2) is 4.79 Å². The number of piperidine rings is 3. The highest BCUT2D eigenvalue weighted by molar-refractivity contribution is 5.76. The van der Waals surface area contributed by atoms with E-state index in [0.29, 0.717) is 30.7 Å². The van der Waals surface area contributed by atoms with Gasteiger partial charge >= 0.3 is 6.03 Å². The summed E-state index contributed by atoms with van der Waals surface area (Å²) in [5, 5.41) is 3.11. The Morgan fingerprint density at radius 3 is 2.69 bits per heavy atom. The molecule has 0 radical (unpaired) electrons. The second-order valence-electron chi connectivity index (χ2n) is 8.33. The third-order valence-corrected chi connectivity index (χ3v) is 6.49. The largest absolute Gasteiger partial charge is 0.454 e. The summed E-state index contributed by atoms with van der Waals surface area (Å²) in [5.74, 6) is 2.61. The lowest BCUT2D eigenvalue weighted by molar-refractivity contribution is 0.00336. The molecule has 1 aromatic carbocycles. The summed E-state index contributed by atoms with van der Waals surface area (Å²) in [5.41, 5.74) is 1.26. The van der Waals surface area contributed by atoms with Crippen molar-refractivity contribution in [1.29, 1.82) is 0 Å². The minimum atomic E-state index is 0.0898. The Balaban J connectivity index is 1.49. The molecule has 5 heterocycles. The summed E-state index contributed by atoms with van der Waals surface area (Å²) in [7, 11) is 0. The van der Waals surface area contributed by atoms with Crippen molar-refractivity contribution in [3.05, 3.63) is 23.8 Å². The Labute approximate surface area is 154 Å². The van der Waals surface area contributed by atoms with E-state index >= 15 is 0 Å². The number of rotatable bonds is 2. The molecule has 2 amide bonds. The number of likely N-dealkylation sites (tertiary alicyclic amines) is 1. The van der Waals surface area contributed by atoms with Gasteiger partial charge in [0.15, 0.2) is 11.5 Å². The van der Waals surface area contributed by atoms with Crippen LogP contribution in [-0.4, -0.2) is 60.4 Å². The van der Waals surface area contributed by atoms with Crippen LogP contribution in [0.5, 0.6) is 11.5 Å². The third-order valence-electron chi connectivity index (χ3n) is 6.49. The summed E-state index contributed by atoms with van der Waals surface area (Å²) in [6, 6.07) is 7.28. The van der Waals surface area contributed by atoms with Crippen LogP contribution in [0.15, 0.2) is 18.2 Å². The van der Waals surface area contributed by atoms with Gasteiger partial charge in [-0.3, -0.25) is 4.90 Å². The first kappa shape index (κ1) is 16.2. The molecule has 26 heavy (non-hydrogen) atoms. The lowest BCUT2D eigenvalue weighted by atomic mass is 9.75. The normalized spacial score (nSPS) is 34.3. The second-order valence-corrected chi connectivity index (χ2v) is 8.33. The van der Waals surface area contributed by atoms with E-state index in [4.69, 9.17) is 9.47 Å². The Morgan fingerprint density at radius 2 is 1.92 bits per heavy atom. The molecular weight excluding hydrogens is 330 g/mol. The van der Waals surface area contributed by atoms with E-state index in [-0.39, 0.29) is 12.1 Å². The SMILES string of the molecule is CC(C)NC(=O)N1C[C@@H](c2ccc3c(c2)OCO3)[C@@H]2[C@H]1C1CCN2CC1. The summed E-state index contributed by atoms with van der Waals surface area (Å²) in [4.78, 5) is 17.6. The van der Waals surface area contributed by atoms with E-state index in [0.717, 1.165) is 31.1 Å². The maximum absolute atomic E-state index is 12.9. The first-order chi connectivity index (χ1) is 12.6. The van der Waals surface area contributed by atoms with Gasteiger partial charge in [-0.05, 0) is 63.4 Å². The lowest BCUT2D eigenvalue weighted by Gasteiger charge is -2.51. The van der Waals surface area contributed by atoms with Crippen molar-refractivity contribution in [2.24, 2.45) is 5.92 Å². The standard InChI is InChI=1S/C20H27N3O3/c1-12(2)21-20(24)23-10-15(14-3-4-16-17(9-14)26-11-25-16)19-18(23)13-5-7-22(19)8-6-13/h3-4,9,12-13,15,18-19H,5-8,10-11H2,1-2H3,(H,21,24)/t15-,18+,19+/m0/s1. The van der Waals surface area contributed by atoms with Gasteiger partial charge in [-0.1, -0.05) is 6.07 Å². The highest BCUT2D eigenvalue weighted by Gasteiger charge is 2.54. The zero-order chi connectivity index (χ0) is 17.8. The first-order valence-corrected chi connectivity index (χ1v) is 9.82. The van der Waals surface area contributed by atoms with Crippen LogP contribution >= 0.6 is 0 Å². The molecule has 0 aromatic heterocycles. The Bertz CT molecular complexity index is 714. The average molecular weight is 357 g/mol. The average Bonchev–Trinajstić information content (AvgIpc) is 3.27. The lowest BCUT2D eigenvalue weighted by Crippen LogP contribution is -2.61. The van der Waals surface area contributed by atoms with Crippen molar-refractivity contribution in [3.63, 3.8) is 0 Å². The van der Waals surface area contributed by atoms with Crippen LogP contribution in [0, 0.1) is 5.92 Å². The van der Waals surface area contributed by atoms with Crippen LogP contribution in [0.25, 0.3) is 0 Å². The molecule has 0 saturated carbocycles. The van der Waals surface area contributed by atoms with Crippen molar-refractivity contribution < 1.29 is 14.3 Å². The third kappa shape index (κ3) is 2.46. The number of carbonyl (C=O) groups is 1. The van der Waals surface area contributed by atoms with E-state index in [1.165, 1.54) is 18.4 Å². The molecule has 140 valence electrons. The number of hydrogen-bond acceptors (Lipinski definition) is 4. The minimum Gasteiger partial charge on any atom is -0.454 e. The second kappa shape index (κ2) is 6.05. The molecule has 0 spiro atoms. The van der Waals surface area contributed by atoms with Crippen LogP contribution in [-0.2, 0) is 0 Å². The maximum Gasteiger partial charge on any atom is 0.317 e. The molecule has 6 rings (SSSR count). The van der Waals surface area contributed by atoms with E-state index in [2.05, 4.69) is 27.2 Å². The van der Waals surface area contributed by atoms with E-state index < -0.39 is 0 Å². The summed E-state index contributed by atoms with van der Waals surface area (Å²) >= 11 is 0. The smallest absolute Gasteiger partial charge is 0.317 e. The Morgan fingerprint density at radius 1 is 1.15 bits per heavy atom. The van der Waals surface area contributed by atoms with E-state index in [1.807, 2.05) is 19.9 Å². The van der Waals surface area contributed by atoms with Crippen LogP contribution < -0.4 is 14.8 Å². The van der Waals surface area contributed by atoms with Gasteiger partial charge in [0.05, 0.1) is 6.04 Å². The molecule has 6 nitrogen and oxygen atoms in total. The molecular formula is C20H27N3O3. The van der Waals surface area contributed by atoms with Gasteiger partial charge in [0.2, 0.25) is 6.79 Å². The number of amides is 2. The predicted octanol–water partition coefficient (Wildman–Crippen LogP) is 2.40. The number of benzene rings is 1. The van der Waals surface area contributed by atoms with Crippen molar-refractivity contribution in [2.75, 3.05) is 26.4 Å². The molecule has 3 atom stereocenters. The van der Waals surface area contributed by atoms with Gasteiger partial charge < -0.3 is 19.7 Å². The molecule has 1 N–H and O–H groups in total.